The largest absolute Gasteiger partial charge is 0.340 e. The summed E-state index contributed by atoms with van der Waals surface area (Å²) in [5, 5.41) is 3.88. The molecule has 0 aliphatic carbocycles. The minimum absolute atomic E-state index is 0.166. The van der Waals surface area contributed by atoms with Crippen LogP contribution in [0.25, 0.3) is 10.9 Å². The molecule has 0 bridgehead atoms. The molecule has 0 aliphatic rings. The van der Waals surface area contributed by atoms with Crippen molar-refractivity contribution < 1.29 is 4.79 Å². The molecule has 1 aromatic carbocycles. The molecule has 1 aromatic heterocycles. The van der Waals surface area contributed by atoms with Crippen molar-refractivity contribution in [3.63, 3.8) is 0 Å². The normalized spacial score (nSPS) is 12.9. The number of hydrogen-bond donors (Lipinski definition) is 3. The van der Waals surface area contributed by atoms with Crippen molar-refractivity contribution in [1.82, 2.24) is 4.98 Å². The first-order chi connectivity index (χ1) is 8.99. The number of halogens is 1. The molecule has 0 radical (unpaired) electrons. The van der Waals surface area contributed by atoms with Gasteiger partial charge in [-0.3, -0.25) is 4.79 Å². The molecule has 4 nitrogen and oxygen atoms in total. The third kappa shape index (κ3) is 3.16. The molecule has 0 fully saturated rings. The summed E-state index contributed by atoms with van der Waals surface area (Å²) < 4.78 is 0.855. The van der Waals surface area contributed by atoms with Gasteiger partial charge >= 0.3 is 0 Å². The average Bonchev–Trinajstić information content (AvgIpc) is 2.66. The summed E-state index contributed by atoms with van der Waals surface area (Å²) in [4.78, 5) is 15.2. The Morgan fingerprint density at radius 2 is 2.11 bits per heavy atom. The Labute approximate surface area is 120 Å². The third-order valence-electron chi connectivity index (χ3n) is 2.95. The SMILES string of the molecule is CC(C)C[C@H](N)C(=O)Nc1[nH]c2ccccc2c1Br. The number of carbonyl (C=O) groups excluding carboxylic acids is 1. The van der Waals surface area contributed by atoms with Gasteiger partial charge in [-0.15, -0.1) is 0 Å². The summed E-state index contributed by atoms with van der Waals surface area (Å²) >= 11 is 3.49. The standard InChI is InChI=1S/C14H18BrN3O/c1-8(2)7-10(16)14(19)18-13-12(15)9-5-3-4-6-11(9)17-13/h3-6,8,10,17H,7,16H2,1-2H3,(H,18,19)/t10-/m0/s1. The first-order valence-corrected chi connectivity index (χ1v) is 7.11. The zero-order valence-electron chi connectivity index (χ0n) is 11.0. The molecule has 0 saturated heterocycles. The average molecular weight is 324 g/mol. The number of aromatic amines is 1. The Hall–Kier alpha value is -1.33. The van der Waals surface area contributed by atoms with Crippen molar-refractivity contribution in [3.05, 3.63) is 28.7 Å². The second-order valence-electron chi connectivity index (χ2n) is 5.08. The molecule has 0 spiro atoms. The van der Waals surface area contributed by atoms with E-state index in [0.717, 1.165) is 15.4 Å². The van der Waals surface area contributed by atoms with E-state index in [9.17, 15) is 4.79 Å². The van der Waals surface area contributed by atoms with Crippen LogP contribution >= 0.6 is 15.9 Å². The van der Waals surface area contributed by atoms with Crippen molar-refractivity contribution in [3.8, 4) is 0 Å². The lowest BCUT2D eigenvalue weighted by Gasteiger charge is -2.13. The van der Waals surface area contributed by atoms with Gasteiger partial charge in [0.05, 0.1) is 10.5 Å². The molecule has 5 heteroatoms. The van der Waals surface area contributed by atoms with Crippen molar-refractivity contribution in [1.29, 1.82) is 0 Å². The number of nitrogens with two attached hydrogens (primary N) is 1. The second-order valence-corrected chi connectivity index (χ2v) is 5.88. The molecule has 19 heavy (non-hydrogen) atoms. The van der Waals surface area contributed by atoms with Crippen LogP contribution in [0.2, 0.25) is 0 Å². The molecule has 1 heterocycles. The zero-order chi connectivity index (χ0) is 14.0. The third-order valence-corrected chi connectivity index (χ3v) is 3.78. The van der Waals surface area contributed by atoms with Gasteiger partial charge in [0, 0.05) is 10.9 Å². The summed E-state index contributed by atoms with van der Waals surface area (Å²) in [6, 6.07) is 7.36. The molecular formula is C14H18BrN3O. The van der Waals surface area contributed by atoms with Crippen molar-refractivity contribution in [2.75, 3.05) is 5.32 Å². The minimum Gasteiger partial charge on any atom is -0.340 e. The number of nitrogens with one attached hydrogen (secondary N) is 2. The Bertz CT molecular complexity index is 591. The summed E-state index contributed by atoms with van der Waals surface area (Å²) in [5.41, 5.74) is 6.84. The van der Waals surface area contributed by atoms with Gasteiger partial charge in [-0.05, 0) is 34.3 Å². The molecule has 0 saturated carbocycles. The van der Waals surface area contributed by atoms with E-state index in [-0.39, 0.29) is 5.91 Å². The van der Waals surface area contributed by atoms with E-state index in [1.54, 1.807) is 0 Å². The van der Waals surface area contributed by atoms with Gasteiger partial charge in [0.1, 0.15) is 5.82 Å². The van der Waals surface area contributed by atoms with Crippen LogP contribution in [-0.4, -0.2) is 16.9 Å². The highest BCUT2D eigenvalue weighted by Crippen LogP contribution is 2.31. The highest BCUT2D eigenvalue weighted by atomic mass is 79.9. The molecule has 2 rings (SSSR count). The molecule has 1 amide bonds. The number of para-hydroxylation sites is 1. The number of H-pyrrole nitrogens is 1. The van der Waals surface area contributed by atoms with E-state index < -0.39 is 6.04 Å². The predicted octanol–water partition coefficient (Wildman–Crippen LogP) is 3.24. The number of anilines is 1. The molecule has 0 aliphatic heterocycles. The van der Waals surface area contributed by atoms with Gasteiger partial charge in [-0.2, -0.15) is 0 Å². The van der Waals surface area contributed by atoms with Crippen LogP contribution in [0.4, 0.5) is 5.82 Å². The number of benzene rings is 1. The highest BCUT2D eigenvalue weighted by Gasteiger charge is 2.17. The number of carbonyl (C=O) groups is 1. The second kappa shape index (κ2) is 5.75. The zero-order valence-corrected chi connectivity index (χ0v) is 12.6. The van der Waals surface area contributed by atoms with Crippen LogP contribution in [0, 0.1) is 5.92 Å². The molecule has 0 unspecified atom stereocenters. The van der Waals surface area contributed by atoms with Gasteiger partial charge in [-0.25, -0.2) is 0 Å². The lowest BCUT2D eigenvalue weighted by atomic mass is 10.0. The maximum absolute atomic E-state index is 12.0. The topological polar surface area (TPSA) is 70.9 Å². The maximum atomic E-state index is 12.0. The Morgan fingerprint density at radius 1 is 1.42 bits per heavy atom. The lowest BCUT2D eigenvalue weighted by Crippen LogP contribution is -2.36. The van der Waals surface area contributed by atoms with Crippen LogP contribution in [-0.2, 0) is 4.79 Å². The van der Waals surface area contributed by atoms with Gasteiger partial charge in [0.15, 0.2) is 0 Å². The summed E-state index contributed by atoms with van der Waals surface area (Å²) in [6.45, 7) is 4.10. The van der Waals surface area contributed by atoms with Crippen LogP contribution in [0.1, 0.15) is 20.3 Å². The van der Waals surface area contributed by atoms with Crippen LogP contribution < -0.4 is 11.1 Å². The van der Waals surface area contributed by atoms with E-state index >= 15 is 0 Å². The quantitative estimate of drug-likeness (QED) is 0.808. The number of hydrogen-bond acceptors (Lipinski definition) is 2. The smallest absolute Gasteiger partial charge is 0.242 e. The van der Waals surface area contributed by atoms with E-state index in [1.807, 2.05) is 38.1 Å². The summed E-state index contributed by atoms with van der Waals surface area (Å²) in [6.07, 6.45) is 0.670. The Morgan fingerprint density at radius 3 is 2.74 bits per heavy atom. The molecule has 4 N–H and O–H groups in total. The van der Waals surface area contributed by atoms with E-state index in [4.69, 9.17) is 5.73 Å². The van der Waals surface area contributed by atoms with Gasteiger partial charge in [0.2, 0.25) is 5.91 Å². The monoisotopic (exact) mass is 323 g/mol. The van der Waals surface area contributed by atoms with Crippen molar-refractivity contribution in [2.24, 2.45) is 11.7 Å². The number of amides is 1. The first kappa shape index (κ1) is 14.1. The number of fused-ring (bicyclic) bond motifs is 1. The van der Waals surface area contributed by atoms with E-state index in [2.05, 4.69) is 26.2 Å². The first-order valence-electron chi connectivity index (χ1n) is 6.31. The molecular weight excluding hydrogens is 306 g/mol. The van der Waals surface area contributed by atoms with E-state index in [1.165, 1.54) is 0 Å². The summed E-state index contributed by atoms with van der Waals surface area (Å²) in [7, 11) is 0. The fraction of sp³-hybridized carbons (Fsp3) is 0.357. The number of rotatable bonds is 4. The fourth-order valence-electron chi connectivity index (χ4n) is 2.02. The number of aromatic nitrogens is 1. The van der Waals surface area contributed by atoms with Gasteiger partial charge in [-0.1, -0.05) is 32.0 Å². The van der Waals surface area contributed by atoms with Crippen LogP contribution in [0.15, 0.2) is 28.7 Å². The fourth-order valence-corrected chi connectivity index (χ4v) is 2.57. The summed E-state index contributed by atoms with van der Waals surface area (Å²) in [5.74, 6) is 0.887. The van der Waals surface area contributed by atoms with Crippen molar-refractivity contribution in [2.45, 2.75) is 26.3 Å². The van der Waals surface area contributed by atoms with Crippen LogP contribution in [0.3, 0.4) is 0 Å². The highest BCUT2D eigenvalue weighted by molar-refractivity contribution is 9.10. The van der Waals surface area contributed by atoms with Gasteiger partial charge in [0.25, 0.3) is 0 Å². The van der Waals surface area contributed by atoms with Gasteiger partial charge < -0.3 is 16.0 Å². The van der Waals surface area contributed by atoms with Crippen molar-refractivity contribution >= 4 is 38.6 Å². The minimum atomic E-state index is -0.488. The maximum Gasteiger partial charge on any atom is 0.242 e. The Balaban J connectivity index is 2.17. The van der Waals surface area contributed by atoms with E-state index in [0.29, 0.717) is 18.2 Å². The molecule has 1 atom stereocenters. The molecule has 102 valence electrons. The van der Waals surface area contributed by atoms with Crippen LogP contribution in [0.5, 0.6) is 0 Å². The predicted molar refractivity (Wildman–Crippen MR) is 82.1 cm³/mol. The lowest BCUT2D eigenvalue weighted by molar-refractivity contribution is -0.117. The molecule has 2 aromatic rings. The Kier molecular flexibility index (Phi) is 4.27.